The molecule has 2 rings (SSSR count). The van der Waals surface area contributed by atoms with Gasteiger partial charge in [0.25, 0.3) is 0 Å². The molecule has 0 radical (unpaired) electrons. The van der Waals surface area contributed by atoms with Crippen LogP contribution in [0, 0.1) is 11.3 Å². The summed E-state index contributed by atoms with van der Waals surface area (Å²) in [7, 11) is 0. The number of rotatable bonds is 4. The van der Waals surface area contributed by atoms with Crippen molar-refractivity contribution in [3.05, 3.63) is 34.9 Å². The zero-order chi connectivity index (χ0) is 11.8. The van der Waals surface area contributed by atoms with E-state index in [1.54, 1.807) is 0 Å². The highest BCUT2D eigenvalue weighted by atomic mass is 35.5. The molecule has 1 nitrogen and oxygen atoms in total. The summed E-state index contributed by atoms with van der Waals surface area (Å²) in [5.74, 6) is 0.742. The second-order valence-electron chi connectivity index (χ2n) is 5.39. The van der Waals surface area contributed by atoms with Gasteiger partial charge in [-0.25, -0.2) is 0 Å². The van der Waals surface area contributed by atoms with Crippen molar-refractivity contribution >= 4 is 11.6 Å². The fourth-order valence-corrected chi connectivity index (χ4v) is 2.69. The zero-order valence-corrected chi connectivity index (χ0v) is 11.0. The quantitative estimate of drug-likeness (QED) is 0.834. The van der Waals surface area contributed by atoms with E-state index < -0.39 is 0 Å². The molecule has 16 heavy (non-hydrogen) atoms. The van der Waals surface area contributed by atoms with Crippen molar-refractivity contribution in [3.63, 3.8) is 0 Å². The lowest BCUT2D eigenvalue weighted by molar-refractivity contribution is 0.423. The molecule has 0 spiro atoms. The molecule has 1 aliphatic carbocycles. The van der Waals surface area contributed by atoms with E-state index in [0.717, 1.165) is 17.5 Å². The van der Waals surface area contributed by atoms with E-state index in [9.17, 15) is 0 Å². The molecule has 0 amide bonds. The van der Waals surface area contributed by atoms with Crippen LogP contribution in [-0.4, -0.2) is 6.54 Å². The molecule has 2 heteroatoms. The lowest BCUT2D eigenvalue weighted by atomic mass is 9.97. The summed E-state index contributed by atoms with van der Waals surface area (Å²) in [6.45, 7) is 7.84. The van der Waals surface area contributed by atoms with Crippen LogP contribution in [0.3, 0.4) is 0 Å². The van der Waals surface area contributed by atoms with Gasteiger partial charge in [-0.2, -0.15) is 0 Å². The third kappa shape index (κ3) is 2.41. The fourth-order valence-electron chi connectivity index (χ4n) is 2.49. The van der Waals surface area contributed by atoms with Gasteiger partial charge in [0.05, 0.1) is 0 Å². The van der Waals surface area contributed by atoms with Crippen LogP contribution in [0.2, 0.25) is 5.02 Å². The molecule has 0 heterocycles. The van der Waals surface area contributed by atoms with Gasteiger partial charge < -0.3 is 5.32 Å². The van der Waals surface area contributed by atoms with Crippen LogP contribution in [0.5, 0.6) is 0 Å². The Balaban J connectivity index is 2.20. The van der Waals surface area contributed by atoms with Gasteiger partial charge in [-0.05, 0) is 42.0 Å². The topological polar surface area (TPSA) is 12.0 Å². The second kappa shape index (κ2) is 4.38. The minimum absolute atomic E-state index is 0.457. The average molecular weight is 238 g/mol. The van der Waals surface area contributed by atoms with Crippen LogP contribution >= 0.6 is 11.6 Å². The number of nitrogens with one attached hydrogen (secondary N) is 1. The molecule has 0 aromatic heterocycles. The van der Waals surface area contributed by atoms with E-state index in [1.165, 1.54) is 12.0 Å². The Morgan fingerprint density at radius 1 is 1.50 bits per heavy atom. The van der Waals surface area contributed by atoms with E-state index >= 15 is 0 Å². The summed E-state index contributed by atoms with van der Waals surface area (Å²) in [5, 5.41) is 4.42. The van der Waals surface area contributed by atoms with Crippen molar-refractivity contribution in [1.82, 2.24) is 5.32 Å². The lowest BCUT2D eigenvalue weighted by Gasteiger charge is -2.20. The molecular weight excluding hydrogens is 218 g/mol. The molecule has 2 unspecified atom stereocenters. The van der Waals surface area contributed by atoms with E-state index in [4.69, 9.17) is 11.6 Å². The third-order valence-corrected chi connectivity index (χ3v) is 3.86. The molecule has 88 valence electrons. The van der Waals surface area contributed by atoms with Crippen LogP contribution < -0.4 is 5.32 Å². The summed E-state index contributed by atoms with van der Waals surface area (Å²) in [6, 6.07) is 8.69. The number of halogens is 1. The smallest absolute Gasteiger partial charge is 0.0409 e. The van der Waals surface area contributed by atoms with Gasteiger partial charge in [0.2, 0.25) is 0 Å². The fraction of sp³-hybridized carbons (Fsp3) is 0.571. The maximum atomic E-state index is 6.06. The Labute approximate surface area is 103 Å². The highest BCUT2D eigenvalue weighted by molar-refractivity contribution is 6.30. The van der Waals surface area contributed by atoms with Gasteiger partial charge in [0, 0.05) is 11.1 Å². The first-order chi connectivity index (χ1) is 7.54. The van der Waals surface area contributed by atoms with Crippen LogP contribution in [0.25, 0.3) is 0 Å². The van der Waals surface area contributed by atoms with E-state index in [1.807, 2.05) is 12.1 Å². The van der Waals surface area contributed by atoms with E-state index in [2.05, 4.69) is 38.2 Å². The minimum atomic E-state index is 0.457. The van der Waals surface area contributed by atoms with E-state index in [-0.39, 0.29) is 0 Å². The maximum absolute atomic E-state index is 6.06. The van der Waals surface area contributed by atoms with Crippen LogP contribution in [0.4, 0.5) is 0 Å². The predicted molar refractivity (Wildman–Crippen MR) is 69.8 cm³/mol. The van der Waals surface area contributed by atoms with Crippen LogP contribution in [0.1, 0.15) is 38.8 Å². The highest BCUT2D eigenvalue weighted by Crippen LogP contribution is 2.57. The molecule has 1 fully saturated rings. The van der Waals surface area contributed by atoms with Crippen molar-refractivity contribution in [2.75, 3.05) is 6.54 Å². The van der Waals surface area contributed by atoms with Crippen molar-refractivity contribution < 1.29 is 0 Å². The second-order valence-corrected chi connectivity index (χ2v) is 5.83. The molecule has 2 atom stereocenters. The first-order valence-corrected chi connectivity index (χ1v) is 6.41. The lowest BCUT2D eigenvalue weighted by Crippen LogP contribution is -2.24. The van der Waals surface area contributed by atoms with Crippen molar-refractivity contribution in [2.24, 2.45) is 11.3 Å². The molecule has 1 aliphatic rings. The van der Waals surface area contributed by atoms with E-state index in [0.29, 0.717) is 11.5 Å². The molecule has 0 aliphatic heterocycles. The average Bonchev–Trinajstić information content (AvgIpc) is 2.84. The number of hydrogen-bond acceptors (Lipinski definition) is 1. The van der Waals surface area contributed by atoms with Crippen molar-refractivity contribution in [2.45, 2.75) is 33.2 Å². The Bertz CT molecular complexity index is 373. The molecule has 0 bridgehead atoms. The minimum Gasteiger partial charge on any atom is -0.310 e. The Kier molecular flexibility index (Phi) is 3.27. The number of hydrogen-bond donors (Lipinski definition) is 1. The summed E-state index contributed by atoms with van der Waals surface area (Å²) in [4.78, 5) is 0. The molecule has 1 aromatic rings. The molecule has 1 saturated carbocycles. The predicted octanol–water partition coefficient (Wildman–Crippen LogP) is 4.04. The molecule has 1 N–H and O–H groups in total. The van der Waals surface area contributed by atoms with Gasteiger partial charge >= 0.3 is 0 Å². The SMILES string of the molecule is CCNC(c1cccc(Cl)c1)C1CC1(C)C. The first-order valence-electron chi connectivity index (χ1n) is 6.03. The highest BCUT2D eigenvalue weighted by Gasteiger charge is 2.50. The summed E-state index contributed by atoms with van der Waals surface area (Å²) < 4.78 is 0. The van der Waals surface area contributed by atoms with Gasteiger partial charge in [0.15, 0.2) is 0 Å². The van der Waals surface area contributed by atoms with Crippen LogP contribution in [0.15, 0.2) is 24.3 Å². The Hall–Kier alpha value is -0.530. The zero-order valence-electron chi connectivity index (χ0n) is 10.3. The third-order valence-electron chi connectivity index (χ3n) is 3.62. The number of benzene rings is 1. The van der Waals surface area contributed by atoms with Gasteiger partial charge in [-0.1, -0.05) is 44.5 Å². The summed E-state index contributed by atoms with van der Waals surface area (Å²) >= 11 is 6.06. The standard InChI is InChI=1S/C14H20ClN/c1-4-16-13(12-9-14(12,2)3)10-6-5-7-11(15)8-10/h5-8,12-13,16H,4,9H2,1-3H3. The van der Waals surface area contributed by atoms with Gasteiger partial charge in [-0.3, -0.25) is 0 Å². The molecular formula is C14H20ClN. The van der Waals surface area contributed by atoms with Gasteiger partial charge in [-0.15, -0.1) is 0 Å². The molecule has 1 aromatic carbocycles. The van der Waals surface area contributed by atoms with Crippen molar-refractivity contribution in [1.29, 1.82) is 0 Å². The monoisotopic (exact) mass is 237 g/mol. The summed E-state index contributed by atoms with van der Waals surface area (Å²) in [6.07, 6.45) is 1.30. The van der Waals surface area contributed by atoms with Crippen LogP contribution in [-0.2, 0) is 0 Å². The molecule has 0 saturated heterocycles. The largest absolute Gasteiger partial charge is 0.310 e. The Morgan fingerprint density at radius 2 is 2.19 bits per heavy atom. The van der Waals surface area contributed by atoms with Crippen molar-refractivity contribution in [3.8, 4) is 0 Å². The summed E-state index contributed by atoms with van der Waals surface area (Å²) in [5.41, 5.74) is 1.81. The Morgan fingerprint density at radius 3 is 2.69 bits per heavy atom. The normalized spacial score (nSPS) is 24.1. The van der Waals surface area contributed by atoms with Gasteiger partial charge in [0.1, 0.15) is 0 Å². The first kappa shape index (κ1) is 11.9. The maximum Gasteiger partial charge on any atom is 0.0409 e.